The van der Waals surface area contributed by atoms with Gasteiger partial charge in [-0.3, -0.25) is 0 Å². The fourth-order valence-electron chi connectivity index (χ4n) is 1.72. The molecule has 0 amide bonds. The summed E-state index contributed by atoms with van der Waals surface area (Å²) in [5, 5.41) is 3.27. The first-order chi connectivity index (χ1) is 8.03. The third-order valence-corrected chi connectivity index (χ3v) is 4.48. The minimum Gasteiger partial charge on any atom is -0.397 e. The molecule has 17 heavy (non-hydrogen) atoms. The Hall–Kier alpha value is -1.27. The number of nitrogens with one attached hydrogen (secondary N) is 2. The second kappa shape index (κ2) is 4.54. The van der Waals surface area contributed by atoms with Gasteiger partial charge in [0.15, 0.2) is 0 Å². The predicted octanol–water partition coefficient (Wildman–Crippen LogP) is 1.14. The van der Waals surface area contributed by atoms with Crippen LogP contribution in [0.4, 0.5) is 11.4 Å². The summed E-state index contributed by atoms with van der Waals surface area (Å²) in [6.07, 6.45) is 3.44. The van der Waals surface area contributed by atoms with Gasteiger partial charge in [0.25, 0.3) is 0 Å². The SMILES string of the molecule is CNS(=O)(=O)c1ccc(N)c(NC2CCC2)c1. The number of sulfonamides is 1. The second-order valence-electron chi connectivity index (χ2n) is 4.23. The van der Waals surface area contributed by atoms with Crippen molar-refractivity contribution in [1.82, 2.24) is 4.72 Å². The third-order valence-electron chi connectivity index (χ3n) is 3.07. The molecule has 1 fully saturated rings. The predicted molar refractivity (Wildman–Crippen MR) is 68.4 cm³/mol. The zero-order valence-electron chi connectivity index (χ0n) is 9.73. The first-order valence-corrected chi connectivity index (χ1v) is 7.11. The van der Waals surface area contributed by atoms with E-state index in [2.05, 4.69) is 10.0 Å². The summed E-state index contributed by atoms with van der Waals surface area (Å²) < 4.78 is 25.6. The number of nitrogens with two attached hydrogens (primary N) is 1. The van der Waals surface area contributed by atoms with E-state index in [0.717, 1.165) is 12.8 Å². The third kappa shape index (κ3) is 2.53. The summed E-state index contributed by atoms with van der Waals surface area (Å²) in [7, 11) is -2.01. The second-order valence-corrected chi connectivity index (χ2v) is 6.12. The lowest BCUT2D eigenvalue weighted by Crippen LogP contribution is -2.27. The van der Waals surface area contributed by atoms with Crippen molar-refractivity contribution in [1.29, 1.82) is 0 Å². The lowest BCUT2D eigenvalue weighted by Gasteiger charge is -2.28. The van der Waals surface area contributed by atoms with Gasteiger partial charge in [0.05, 0.1) is 16.3 Å². The van der Waals surface area contributed by atoms with E-state index >= 15 is 0 Å². The number of nitrogen functional groups attached to an aromatic ring is 1. The van der Waals surface area contributed by atoms with Crippen LogP contribution in [0.25, 0.3) is 0 Å². The molecule has 0 heterocycles. The van der Waals surface area contributed by atoms with E-state index < -0.39 is 10.0 Å². The highest BCUT2D eigenvalue weighted by atomic mass is 32.2. The summed E-state index contributed by atoms with van der Waals surface area (Å²) >= 11 is 0. The molecule has 1 aliphatic rings. The largest absolute Gasteiger partial charge is 0.397 e. The van der Waals surface area contributed by atoms with Crippen LogP contribution in [0.3, 0.4) is 0 Å². The molecule has 2 rings (SSSR count). The molecule has 0 spiro atoms. The van der Waals surface area contributed by atoms with E-state index in [-0.39, 0.29) is 4.90 Å². The molecular weight excluding hydrogens is 238 g/mol. The Bertz CT molecular complexity index is 509. The van der Waals surface area contributed by atoms with E-state index in [1.807, 2.05) is 0 Å². The van der Waals surface area contributed by atoms with Crippen LogP contribution in [0.5, 0.6) is 0 Å². The van der Waals surface area contributed by atoms with Crippen molar-refractivity contribution in [2.24, 2.45) is 0 Å². The van der Waals surface area contributed by atoms with Crippen LogP contribution in [0, 0.1) is 0 Å². The van der Waals surface area contributed by atoms with Crippen LogP contribution >= 0.6 is 0 Å². The molecular formula is C11H17N3O2S. The Morgan fingerprint density at radius 2 is 2.06 bits per heavy atom. The summed E-state index contributed by atoms with van der Waals surface area (Å²) in [5.41, 5.74) is 7.10. The van der Waals surface area contributed by atoms with Crippen LogP contribution in [-0.2, 0) is 10.0 Å². The fourth-order valence-corrected chi connectivity index (χ4v) is 2.47. The monoisotopic (exact) mass is 255 g/mol. The van der Waals surface area contributed by atoms with Crippen LogP contribution in [0.15, 0.2) is 23.1 Å². The molecule has 1 aliphatic carbocycles. The van der Waals surface area contributed by atoms with Gasteiger partial charge in [0.1, 0.15) is 0 Å². The van der Waals surface area contributed by atoms with Crippen LogP contribution in [0.1, 0.15) is 19.3 Å². The molecule has 4 N–H and O–H groups in total. The van der Waals surface area contributed by atoms with Gasteiger partial charge in [-0.05, 0) is 44.5 Å². The molecule has 0 aromatic heterocycles. The molecule has 94 valence electrons. The van der Waals surface area contributed by atoms with E-state index in [1.54, 1.807) is 12.1 Å². The van der Waals surface area contributed by atoms with Gasteiger partial charge in [-0.1, -0.05) is 0 Å². The first kappa shape index (κ1) is 12.2. The number of hydrogen-bond acceptors (Lipinski definition) is 4. The minimum atomic E-state index is -3.41. The molecule has 6 heteroatoms. The molecule has 0 aliphatic heterocycles. The normalized spacial score (nSPS) is 16.5. The smallest absolute Gasteiger partial charge is 0.240 e. The van der Waals surface area contributed by atoms with Gasteiger partial charge in [0.2, 0.25) is 10.0 Å². The maximum Gasteiger partial charge on any atom is 0.240 e. The molecule has 1 aromatic carbocycles. The molecule has 0 saturated heterocycles. The number of rotatable bonds is 4. The quantitative estimate of drug-likeness (QED) is 0.704. The Balaban J connectivity index is 2.28. The lowest BCUT2D eigenvalue weighted by molar-refractivity contribution is 0.445. The average molecular weight is 255 g/mol. The lowest BCUT2D eigenvalue weighted by atomic mass is 9.93. The van der Waals surface area contributed by atoms with Gasteiger partial charge < -0.3 is 11.1 Å². The summed E-state index contributed by atoms with van der Waals surface area (Å²) in [6, 6.07) is 5.13. The standard InChI is InChI=1S/C11H17N3O2S/c1-13-17(15,16)9-5-6-10(12)11(7-9)14-8-3-2-4-8/h5-8,13-14H,2-4,12H2,1H3. The highest BCUT2D eigenvalue weighted by Gasteiger charge is 2.19. The van der Waals surface area contributed by atoms with Gasteiger partial charge in [-0.25, -0.2) is 13.1 Å². The van der Waals surface area contributed by atoms with Gasteiger partial charge >= 0.3 is 0 Å². The molecule has 5 nitrogen and oxygen atoms in total. The van der Waals surface area contributed by atoms with Crippen molar-refractivity contribution in [3.8, 4) is 0 Å². The molecule has 0 unspecified atom stereocenters. The number of anilines is 2. The highest BCUT2D eigenvalue weighted by Crippen LogP contribution is 2.28. The average Bonchev–Trinajstić information content (AvgIpc) is 2.25. The van der Waals surface area contributed by atoms with Gasteiger partial charge in [0, 0.05) is 6.04 Å². The van der Waals surface area contributed by atoms with E-state index in [1.165, 1.54) is 19.5 Å². The Kier molecular flexibility index (Phi) is 3.26. The van der Waals surface area contributed by atoms with Gasteiger partial charge in [-0.15, -0.1) is 0 Å². The molecule has 0 atom stereocenters. The molecule has 0 radical (unpaired) electrons. The van der Waals surface area contributed by atoms with Crippen molar-refractivity contribution in [2.45, 2.75) is 30.2 Å². The maximum absolute atomic E-state index is 11.7. The fraction of sp³-hybridized carbons (Fsp3) is 0.455. The molecule has 0 bridgehead atoms. The van der Waals surface area contributed by atoms with Crippen LogP contribution in [-0.4, -0.2) is 21.5 Å². The van der Waals surface area contributed by atoms with Crippen LogP contribution < -0.4 is 15.8 Å². The van der Waals surface area contributed by atoms with Crippen molar-refractivity contribution in [3.63, 3.8) is 0 Å². The van der Waals surface area contributed by atoms with E-state index in [0.29, 0.717) is 17.4 Å². The zero-order valence-corrected chi connectivity index (χ0v) is 10.5. The minimum absolute atomic E-state index is 0.232. The van der Waals surface area contributed by atoms with Crippen LogP contribution in [0.2, 0.25) is 0 Å². The summed E-state index contributed by atoms with van der Waals surface area (Å²) in [6.45, 7) is 0. The molecule has 1 aromatic rings. The van der Waals surface area contributed by atoms with Gasteiger partial charge in [-0.2, -0.15) is 0 Å². The Morgan fingerprint density at radius 3 is 2.59 bits per heavy atom. The van der Waals surface area contributed by atoms with Crippen molar-refractivity contribution in [3.05, 3.63) is 18.2 Å². The topological polar surface area (TPSA) is 84.2 Å². The van der Waals surface area contributed by atoms with E-state index in [4.69, 9.17) is 5.73 Å². The Morgan fingerprint density at radius 1 is 1.35 bits per heavy atom. The first-order valence-electron chi connectivity index (χ1n) is 5.62. The Labute approximate surface area is 101 Å². The van der Waals surface area contributed by atoms with Crippen molar-refractivity contribution in [2.75, 3.05) is 18.1 Å². The zero-order chi connectivity index (χ0) is 12.5. The highest BCUT2D eigenvalue weighted by molar-refractivity contribution is 7.89. The molecule has 1 saturated carbocycles. The number of hydrogen-bond donors (Lipinski definition) is 3. The van der Waals surface area contributed by atoms with E-state index in [9.17, 15) is 8.42 Å². The summed E-state index contributed by atoms with van der Waals surface area (Å²) in [4.78, 5) is 0.232. The van der Waals surface area contributed by atoms with Crippen molar-refractivity contribution < 1.29 is 8.42 Å². The number of benzene rings is 1. The maximum atomic E-state index is 11.7. The summed E-state index contributed by atoms with van der Waals surface area (Å²) in [5.74, 6) is 0. The van der Waals surface area contributed by atoms with Crippen molar-refractivity contribution >= 4 is 21.4 Å².